The van der Waals surface area contributed by atoms with Crippen LogP contribution < -0.4 is 5.32 Å². The smallest absolute Gasteiger partial charge is 0.109 e. The van der Waals surface area contributed by atoms with E-state index in [9.17, 15) is 0 Å². The normalized spacial score (nSPS) is 28.2. The van der Waals surface area contributed by atoms with E-state index in [1.165, 1.54) is 44.3 Å². The van der Waals surface area contributed by atoms with Crippen LogP contribution in [0.2, 0.25) is 0 Å². The van der Waals surface area contributed by atoms with Crippen LogP contribution in [0.1, 0.15) is 52.4 Å². The van der Waals surface area contributed by atoms with Crippen LogP contribution in [0.15, 0.2) is 11.8 Å². The van der Waals surface area contributed by atoms with E-state index in [1.54, 1.807) is 0 Å². The second-order valence-electron chi connectivity index (χ2n) is 5.75. The Bertz CT molecular complexity index is 284. The molecule has 0 amide bonds. The topological polar surface area (TPSA) is 30.5 Å². The first-order valence-corrected chi connectivity index (χ1v) is 8.01. The quantitative estimate of drug-likeness (QED) is 0.732. The molecule has 0 aromatic carbocycles. The summed E-state index contributed by atoms with van der Waals surface area (Å²) in [6.45, 7) is 7.12. The van der Waals surface area contributed by atoms with Crippen molar-refractivity contribution >= 4 is 0 Å². The van der Waals surface area contributed by atoms with Gasteiger partial charge in [0.2, 0.25) is 0 Å². The number of hydrogen-bond acceptors (Lipinski definition) is 3. The van der Waals surface area contributed by atoms with E-state index in [1.807, 2.05) is 0 Å². The summed E-state index contributed by atoms with van der Waals surface area (Å²) in [4.78, 5) is 0. The van der Waals surface area contributed by atoms with Gasteiger partial charge in [-0.2, -0.15) is 0 Å². The van der Waals surface area contributed by atoms with Crippen molar-refractivity contribution in [3.05, 3.63) is 11.8 Å². The summed E-state index contributed by atoms with van der Waals surface area (Å²) in [6.07, 6.45) is 9.98. The van der Waals surface area contributed by atoms with Crippen LogP contribution in [0.4, 0.5) is 0 Å². The zero-order chi connectivity index (χ0) is 13.5. The van der Waals surface area contributed by atoms with Crippen LogP contribution in [0.25, 0.3) is 0 Å². The first kappa shape index (κ1) is 14.9. The van der Waals surface area contributed by atoms with Gasteiger partial charge in [-0.05, 0) is 64.0 Å². The predicted octanol–water partition coefficient (Wildman–Crippen LogP) is 3.25. The molecule has 3 nitrogen and oxygen atoms in total. The Balaban J connectivity index is 1.79. The molecule has 1 fully saturated rings. The van der Waals surface area contributed by atoms with Crippen LogP contribution in [0.3, 0.4) is 0 Å². The maximum Gasteiger partial charge on any atom is 0.109 e. The molecule has 2 aliphatic rings. The predicted molar refractivity (Wildman–Crippen MR) is 78.1 cm³/mol. The molecule has 0 spiro atoms. The third-order valence-electron chi connectivity index (χ3n) is 4.11. The van der Waals surface area contributed by atoms with E-state index < -0.39 is 0 Å². The Morgan fingerprint density at radius 3 is 2.89 bits per heavy atom. The van der Waals surface area contributed by atoms with E-state index in [-0.39, 0.29) is 0 Å². The van der Waals surface area contributed by atoms with Crippen LogP contribution in [0, 0.1) is 5.92 Å². The van der Waals surface area contributed by atoms with Crippen molar-refractivity contribution in [3.63, 3.8) is 0 Å². The monoisotopic (exact) mass is 267 g/mol. The fraction of sp³-hybridized carbons (Fsp3) is 0.875. The number of rotatable bonds is 8. The van der Waals surface area contributed by atoms with Gasteiger partial charge in [-0.3, -0.25) is 0 Å². The Kier molecular flexibility index (Phi) is 6.18. The molecule has 2 rings (SSSR count). The Morgan fingerprint density at radius 2 is 2.26 bits per heavy atom. The maximum atomic E-state index is 5.85. The Morgan fingerprint density at radius 1 is 1.42 bits per heavy atom. The fourth-order valence-electron chi connectivity index (χ4n) is 3.01. The second-order valence-corrected chi connectivity index (χ2v) is 5.75. The SMILES string of the molecule is CCCNC(CC1CC(OCC)C1)C1=CCCCO1. The lowest BCUT2D eigenvalue weighted by Crippen LogP contribution is -2.40. The Hall–Kier alpha value is -0.540. The molecule has 0 saturated heterocycles. The lowest BCUT2D eigenvalue weighted by atomic mass is 9.77. The van der Waals surface area contributed by atoms with Crippen LogP contribution in [0.5, 0.6) is 0 Å². The highest BCUT2D eigenvalue weighted by Crippen LogP contribution is 2.35. The average Bonchev–Trinajstić information content (AvgIpc) is 2.41. The van der Waals surface area contributed by atoms with Gasteiger partial charge < -0.3 is 14.8 Å². The molecule has 1 aliphatic carbocycles. The largest absolute Gasteiger partial charge is 0.497 e. The number of ether oxygens (including phenoxy) is 2. The van der Waals surface area contributed by atoms with Gasteiger partial charge in [0, 0.05) is 6.61 Å². The molecule has 0 radical (unpaired) electrons. The van der Waals surface area contributed by atoms with E-state index in [4.69, 9.17) is 9.47 Å². The van der Waals surface area contributed by atoms with Crippen LogP contribution in [-0.2, 0) is 9.47 Å². The lowest BCUT2D eigenvalue weighted by Gasteiger charge is -2.38. The highest BCUT2D eigenvalue weighted by Gasteiger charge is 2.32. The fourth-order valence-corrected chi connectivity index (χ4v) is 3.01. The molecule has 1 heterocycles. The highest BCUT2D eigenvalue weighted by atomic mass is 16.5. The summed E-state index contributed by atoms with van der Waals surface area (Å²) in [6, 6.07) is 0.424. The zero-order valence-corrected chi connectivity index (χ0v) is 12.5. The van der Waals surface area contributed by atoms with Crippen molar-refractivity contribution in [2.45, 2.75) is 64.5 Å². The van der Waals surface area contributed by atoms with Crippen molar-refractivity contribution in [1.29, 1.82) is 0 Å². The van der Waals surface area contributed by atoms with Crippen molar-refractivity contribution < 1.29 is 9.47 Å². The van der Waals surface area contributed by atoms with Gasteiger partial charge in [0.15, 0.2) is 0 Å². The number of hydrogen-bond donors (Lipinski definition) is 1. The highest BCUT2D eigenvalue weighted by molar-refractivity contribution is 5.06. The molecule has 1 saturated carbocycles. The molecule has 0 bridgehead atoms. The molecular weight excluding hydrogens is 238 g/mol. The summed E-state index contributed by atoms with van der Waals surface area (Å²) in [7, 11) is 0. The minimum Gasteiger partial charge on any atom is -0.497 e. The number of allylic oxidation sites excluding steroid dienone is 1. The molecule has 3 heteroatoms. The Labute approximate surface area is 117 Å². The standard InChI is InChI=1S/C16H29NO2/c1-3-8-17-15(16-7-5-6-9-19-16)12-13-10-14(11-13)18-4-2/h7,13-15,17H,3-6,8-12H2,1-2H3. The van der Waals surface area contributed by atoms with Crippen molar-refractivity contribution in [1.82, 2.24) is 5.32 Å². The summed E-state index contributed by atoms with van der Waals surface area (Å²) < 4.78 is 11.5. The van der Waals surface area contributed by atoms with Gasteiger partial charge in [0.1, 0.15) is 5.76 Å². The molecule has 1 unspecified atom stereocenters. The summed E-state index contributed by atoms with van der Waals surface area (Å²) >= 11 is 0. The van der Waals surface area contributed by atoms with Gasteiger partial charge in [0.05, 0.1) is 18.8 Å². The molecular formula is C16H29NO2. The molecule has 110 valence electrons. The van der Waals surface area contributed by atoms with Gasteiger partial charge in [-0.15, -0.1) is 0 Å². The van der Waals surface area contributed by atoms with Gasteiger partial charge in [-0.25, -0.2) is 0 Å². The first-order chi connectivity index (χ1) is 9.33. The van der Waals surface area contributed by atoms with Gasteiger partial charge in [-0.1, -0.05) is 6.92 Å². The second kappa shape index (κ2) is 7.91. The zero-order valence-electron chi connectivity index (χ0n) is 12.5. The van der Waals surface area contributed by atoms with E-state index in [2.05, 4.69) is 25.2 Å². The maximum absolute atomic E-state index is 5.85. The minimum atomic E-state index is 0.424. The van der Waals surface area contributed by atoms with E-state index >= 15 is 0 Å². The molecule has 1 aliphatic heterocycles. The number of nitrogens with one attached hydrogen (secondary N) is 1. The molecule has 19 heavy (non-hydrogen) atoms. The molecule has 1 atom stereocenters. The molecule has 0 aromatic rings. The van der Waals surface area contributed by atoms with Gasteiger partial charge >= 0.3 is 0 Å². The third-order valence-corrected chi connectivity index (χ3v) is 4.11. The van der Waals surface area contributed by atoms with Crippen LogP contribution in [-0.4, -0.2) is 31.9 Å². The van der Waals surface area contributed by atoms with Crippen molar-refractivity contribution in [2.75, 3.05) is 19.8 Å². The first-order valence-electron chi connectivity index (χ1n) is 8.01. The summed E-state index contributed by atoms with van der Waals surface area (Å²) in [5.74, 6) is 2.00. The van der Waals surface area contributed by atoms with Gasteiger partial charge in [0.25, 0.3) is 0 Å². The van der Waals surface area contributed by atoms with Crippen LogP contribution >= 0.6 is 0 Å². The summed E-state index contributed by atoms with van der Waals surface area (Å²) in [5.41, 5.74) is 0. The van der Waals surface area contributed by atoms with E-state index in [0.29, 0.717) is 12.1 Å². The molecule has 1 N–H and O–H groups in total. The summed E-state index contributed by atoms with van der Waals surface area (Å²) in [5, 5.41) is 3.65. The lowest BCUT2D eigenvalue weighted by molar-refractivity contribution is -0.0297. The molecule has 0 aromatic heterocycles. The van der Waals surface area contributed by atoms with Crippen molar-refractivity contribution in [3.8, 4) is 0 Å². The van der Waals surface area contributed by atoms with E-state index in [0.717, 1.165) is 25.7 Å². The third kappa shape index (κ3) is 4.50. The van der Waals surface area contributed by atoms with Crippen molar-refractivity contribution in [2.24, 2.45) is 5.92 Å². The minimum absolute atomic E-state index is 0.424. The average molecular weight is 267 g/mol.